The minimum atomic E-state index is -3.91. The van der Waals surface area contributed by atoms with Crippen molar-refractivity contribution in [2.24, 2.45) is 95.4 Å². The summed E-state index contributed by atoms with van der Waals surface area (Å²) in [5, 5.41) is 12.1. The van der Waals surface area contributed by atoms with Gasteiger partial charge in [0, 0.05) is 61.4 Å². The van der Waals surface area contributed by atoms with E-state index in [1.807, 2.05) is 86.0 Å². The molecule has 5 amide bonds. The molecule has 0 aromatic rings. The molecule has 4 aliphatic heterocycles. The first-order chi connectivity index (χ1) is 56.7. The number of nitrogens with two attached hydrogens (primary N) is 1. The van der Waals surface area contributed by atoms with E-state index in [1.54, 1.807) is 4.90 Å². The number of fused-ring (bicyclic) bond motifs is 2. The molecule has 6 N–H and O–H groups in total. The van der Waals surface area contributed by atoms with Gasteiger partial charge in [0.05, 0.1) is 50.5 Å². The van der Waals surface area contributed by atoms with E-state index >= 15 is 4.79 Å². The van der Waals surface area contributed by atoms with Crippen LogP contribution in [-0.4, -0.2) is 185 Å². The van der Waals surface area contributed by atoms with Crippen LogP contribution in [-0.2, 0) is 68.0 Å². The summed E-state index contributed by atoms with van der Waals surface area (Å²) in [6.07, 6.45) is 30.3. The highest BCUT2D eigenvalue weighted by Crippen LogP contribution is 2.89. The maximum Gasteiger partial charge on any atom is 0.320 e. The number of rotatable bonds is 33. The van der Waals surface area contributed by atoms with Crippen molar-refractivity contribution < 1.29 is 69.9 Å². The second-order valence-corrected chi connectivity index (χ2v) is 48.9. The number of likely N-dealkylation sites (N-methyl/N-ethyl adjacent to an activating group) is 2. The number of nitrogens with one attached hydrogen (secondary N) is 3. The Morgan fingerprint density at radius 3 is 1.15 bits per heavy atom. The van der Waals surface area contributed by atoms with Gasteiger partial charge in [-0.2, -0.15) is 0 Å². The number of aliphatic carboxylic acids is 1. The fraction of sp³-hybridized carbons (Fsp3) is 0.896. The molecule has 14 atom stereocenters. The number of hydrogen-bond acceptors (Lipinski definition) is 17. The highest BCUT2D eigenvalue weighted by atomic mass is 32.2. The number of piperidine rings is 2. The molecular weight excluding hydrogens is 1570 g/mol. The summed E-state index contributed by atoms with van der Waals surface area (Å²) in [6, 6.07) is -3.19. The first-order valence-corrected chi connectivity index (χ1v) is 51.3. The molecule has 684 valence electrons. The van der Waals surface area contributed by atoms with Crippen LogP contribution in [0.2, 0.25) is 0 Å². The Morgan fingerprint density at radius 2 is 0.826 bits per heavy atom. The topological polar surface area (TPSA) is 334 Å². The van der Waals surface area contributed by atoms with Gasteiger partial charge in [0.15, 0.2) is 23.1 Å². The van der Waals surface area contributed by atoms with Gasteiger partial charge in [0.25, 0.3) is 0 Å². The molecule has 10 aliphatic carbocycles. The van der Waals surface area contributed by atoms with Crippen LogP contribution in [0.3, 0.4) is 0 Å². The Bertz CT molecular complexity index is 4120. The van der Waals surface area contributed by atoms with Crippen molar-refractivity contribution in [2.75, 3.05) is 39.3 Å². The fourth-order valence-corrected chi connectivity index (χ4v) is 30.6. The minimum Gasteiger partial charge on any atom is -0.480 e. The molecule has 0 unspecified atom stereocenters. The smallest absolute Gasteiger partial charge is 0.320 e. The van der Waals surface area contributed by atoms with Crippen molar-refractivity contribution in [3.05, 3.63) is 0 Å². The van der Waals surface area contributed by atoms with Gasteiger partial charge in [-0.05, 0) is 224 Å². The summed E-state index contributed by atoms with van der Waals surface area (Å²) in [5.41, 5.74) is 2.83. The van der Waals surface area contributed by atoms with E-state index in [9.17, 15) is 60.0 Å². The third-order valence-electron chi connectivity index (χ3n) is 36.3. The van der Waals surface area contributed by atoms with Gasteiger partial charge in [-0.25, -0.2) is 16.8 Å². The maximum atomic E-state index is 15.4. The Morgan fingerprint density at radius 1 is 0.455 bits per heavy atom. The molecule has 25 heteroatoms. The van der Waals surface area contributed by atoms with Gasteiger partial charge >= 0.3 is 5.97 Å². The van der Waals surface area contributed by atoms with Gasteiger partial charge in [0.2, 0.25) is 49.6 Å². The summed E-state index contributed by atoms with van der Waals surface area (Å²) in [5.74, 6) is -4.08. The molecule has 0 radical (unpaired) electrons. The predicted octanol–water partition coefficient (Wildman–Crippen LogP) is 14.9. The molecule has 4 saturated heterocycles. The van der Waals surface area contributed by atoms with E-state index in [2.05, 4.69) is 54.3 Å². The third kappa shape index (κ3) is 17.2. The van der Waals surface area contributed by atoms with Crippen LogP contribution in [0, 0.1) is 89.7 Å². The molecule has 10 saturated carbocycles. The molecule has 14 rings (SSSR count). The summed E-state index contributed by atoms with van der Waals surface area (Å²) < 4.78 is 57.2. The van der Waals surface area contributed by atoms with Crippen molar-refractivity contribution in [1.29, 1.82) is 0 Å². The van der Waals surface area contributed by atoms with Crippen molar-refractivity contribution in [2.45, 2.75) is 413 Å². The lowest BCUT2D eigenvalue weighted by atomic mass is 9.73. The van der Waals surface area contributed by atoms with Gasteiger partial charge in [-0.3, -0.25) is 67.2 Å². The summed E-state index contributed by atoms with van der Waals surface area (Å²) in [6.45, 7) is 37.4. The van der Waals surface area contributed by atoms with Crippen LogP contribution < -0.4 is 20.5 Å². The summed E-state index contributed by atoms with van der Waals surface area (Å²) >= 11 is 0. The Hall–Kier alpha value is -4.72. The van der Waals surface area contributed by atoms with Crippen LogP contribution in [0.25, 0.3) is 0 Å². The van der Waals surface area contributed by atoms with Crippen molar-refractivity contribution in [3.8, 4) is 0 Å². The number of amides is 5. The highest BCUT2D eigenvalue weighted by molar-refractivity contribution is 7.92. The standard InChI is InChI=1S/C48H78N4O7S.C40H65N3O6S.C8H15NO2/c1-9-21-45(24-25-45)60(58,59)50-42(57)46(28-33(46)10-2)30-38(54)36-29-48(44(7,8)47(48)22-17-23-47)31-52(36)41(56)34(43(4,5)6)27-37(53)39(32-18-13-12-14-19-32)49-40(55)35-20-15-16-26-51(35)11-3;1-8-16-37(19-20-37)50(48,49)42-34(47)38(22-27(38)9-2)24-31(45)29-23-40(36(6,7)39(40)17-13-18-39)25-43(29)33(46)28(35(3,4)5)21-30(44)32(41)26-14-11-10-12-15-26;1-2-9-6-4-3-5-7(9)8(10)11/h32-36,39H,9-31H2,1-8H3,(H,49,55)(H,50,57);26-29,32H,8-25,41H2,1-7H3,(H,42,47);7H,2-6H2,1H3,(H,10,11)/t33-,34-,35+,36+,39+,46-,48-;27-,28-,29+,32+,38-,40-;7-/m110/s1. The van der Waals surface area contributed by atoms with E-state index in [0.717, 1.165) is 167 Å². The molecule has 121 heavy (non-hydrogen) atoms. The number of ketones is 4. The molecular formula is C96H158N8O15S2. The number of nitrogens with zero attached hydrogens (tertiary/aromatic N) is 4. The third-order valence-corrected chi connectivity index (χ3v) is 40.7. The SMILES string of the molecule is CCCC1(S(=O)(=O)NC(=O)[C@@]2(CC(=O)[C@@H]3C[C@@]4(CN3C(=O)[C@@H](CC(=O)[C@@H](N)C3CCCCC3)C(C)(C)C)C(C)(C)C43CCC3)C[C@H]2CC)CC1.CCCC1(S(=O)(=O)NC(=O)[C@@]2(CC(=O)[C@@H]3C[C@@]4(CN3C(=O)[C@@H](CC(=O)[C@@H](NC(=O)[C@@H]3CCCCN3CC)C3CCCCC3)C(C)(C)C)C(C)(C)C43CCC3)C[C@H]2CC)CC1.CCN1CCCC[C@H]1C(=O)O. The van der Waals surface area contributed by atoms with E-state index in [1.165, 1.54) is 6.42 Å². The number of carbonyl (C=O) groups excluding carboxylic acids is 9. The van der Waals surface area contributed by atoms with Gasteiger partial charge < -0.3 is 26.0 Å². The van der Waals surface area contributed by atoms with Crippen LogP contribution >= 0.6 is 0 Å². The van der Waals surface area contributed by atoms with Gasteiger partial charge in [0.1, 0.15) is 6.04 Å². The van der Waals surface area contributed by atoms with Crippen LogP contribution in [0.5, 0.6) is 0 Å². The first-order valence-electron chi connectivity index (χ1n) is 48.4. The second kappa shape index (κ2) is 35.4. The second-order valence-electron chi connectivity index (χ2n) is 44.7. The maximum absolute atomic E-state index is 15.4. The Kier molecular flexibility index (Phi) is 27.9. The van der Waals surface area contributed by atoms with Crippen molar-refractivity contribution >= 4 is 78.7 Å². The zero-order valence-corrected chi connectivity index (χ0v) is 78.9. The van der Waals surface area contributed by atoms with Crippen LogP contribution in [0.1, 0.15) is 368 Å². The first kappa shape index (κ1) is 95.4. The fourth-order valence-electron chi connectivity index (χ4n) is 27.1. The normalized spacial score (nSPS) is 32.5. The average molecular weight is 1730 g/mol. The van der Waals surface area contributed by atoms with E-state index in [4.69, 9.17) is 10.8 Å². The molecule has 0 aromatic carbocycles. The minimum absolute atomic E-state index is 0.0210. The van der Waals surface area contributed by atoms with Gasteiger partial charge in [-0.1, -0.05) is 201 Å². The van der Waals surface area contributed by atoms with Crippen molar-refractivity contribution in [1.82, 2.24) is 34.4 Å². The number of carboxylic acid groups (broad SMARTS) is 1. The zero-order chi connectivity index (χ0) is 88.7. The van der Waals surface area contributed by atoms with E-state index < -0.39 is 105 Å². The molecule has 4 spiro atoms. The lowest BCUT2D eigenvalue weighted by molar-refractivity contribution is -0.147. The number of hydrogen-bond donors (Lipinski definition) is 5. The zero-order valence-electron chi connectivity index (χ0n) is 77.3. The Labute approximate surface area is 726 Å². The molecule has 0 bridgehead atoms. The van der Waals surface area contributed by atoms with E-state index in [-0.39, 0.29) is 135 Å². The number of likely N-dealkylation sites (tertiary alicyclic amines) is 4. The summed E-state index contributed by atoms with van der Waals surface area (Å²) in [7, 11) is -7.78. The number of Topliss-reactive ketones (excluding diaryl/α,β-unsaturated/α-hetero) is 4. The number of sulfonamides is 2. The molecule has 4 heterocycles. The summed E-state index contributed by atoms with van der Waals surface area (Å²) in [4.78, 5) is 149. The predicted molar refractivity (Wildman–Crippen MR) is 470 cm³/mol. The molecule has 14 aliphatic rings. The quantitative estimate of drug-likeness (QED) is 0.0407. The number of carboxylic acids is 1. The van der Waals surface area contributed by atoms with Crippen molar-refractivity contribution in [3.63, 3.8) is 0 Å². The number of carbonyl (C=O) groups is 10. The van der Waals surface area contributed by atoms with Crippen LogP contribution in [0.4, 0.5) is 0 Å². The van der Waals surface area contributed by atoms with E-state index in [0.29, 0.717) is 96.6 Å². The molecule has 23 nitrogen and oxygen atoms in total. The molecule has 0 aromatic heterocycles. The molecule has 14 fully saturated rings. The lowest BCUT2D eigenvalue weighted by Gasteiger charge is -2.38. The Balaban J connectivity index is 0.000000199. The average Bonchev–Trinajstić information content (AvgIpc) is 1.45. The monoisotopic (exact) mass is 1730 g/mol. The van der Waals surface area contributed by atoms with Crippen LogP contribution in [0.15, 0.2) is 0 Å². The largest absolute Gasteiger partial charge is 0.480 e. The highest BCUT2D eigenvalue weighted by Gasteiger charge is 2.87. The van der Waals surface area contributed by atoms with Gasteiger partial charge in [-0.15, -0.1) is 0 Å². The lowest BCUT2D eigenvalue weighted by Crippen LogP contribution is -2.56.